The Morgan fingerprint density at radius 1 is 1.23 bits per heavy atom. The highest BCUT2D eigenvalue weighted by molar-refractivity contribution is 5.61. The van der Waals surface area contributed by atoms with Crippen LogP contribution in [-0.4, -0.2) is 32.5 Å². The maximum Gasteiger partial charge on any atom is 0.0969 e. The molecule has 2 N–H and O–H groups in total. The molecule has 1 atom stereocenters. The first-order valence-electron chi connectivity index (χ1n) is 7.97. The van der Waals surface area contributed by atoms with Crippen LogP contribution in [0, 0.1) is 5.92 Å². The van der Waals surface area contributed by atoms with E-state index >= 15 is 0 Å². The van der Waals surface area contributed by atoms with Crippen molar-refractivity contribution in [3.05, 3.63) is 36.3 Å². The largest absolute Gasteiger partial charge is 0.392 e. The van der Waals surface area contributed by atoms with Gasteiger partial charge in [-0.1, -0.05) is 26.7 Å². The normalized spacial score (nSPS) is 12.8. The molecule has 2 aromatic heterocycles. The number of aryl methyl sites for hydroxylation is 1. The number of nitrogens with one attached hydrogen (secondary N) is 1. The summed E-state index contributed by atoms with van der Waals surface area (Å²) in [6.45, 7) is 5.56. The van der Waals surface area contributed by atoms with Crippen LogP contribution in [0.5, 0.6) is 0 Å². The van der Waals surface area contributed by atoms with Gasteiger partial charge in [0.05, 0.1) is 11.8 Å². The van der Waals surface area contributed by atoms with Crippen molar-refractivity contribution in [3.8, 4) is 11.3 Å². The number of aliphatic hydroxyl groups is 1. The topological polar surface area (TPSA) is 63.0 Å². The lowest BCUT2D eigenvalue weighted by molar-refractivity contribution is 0.101. The lowest BCUT2D eigenvalue weighted by Crippen LogP contribution is -2.32. The molecule has 1 unspecified atom stereocenters. The van der Waals surface area contributed by atoms with Gasteiger partial charge in [0, 0.05) is 49.9 Å². The van der Waals surface area contributed by atoms with Gasteiger partial charge in [0.1, 0.15) is 0 Å². The maximum atomic E-state index is 10.2. The predicted octanol–water partition coefficient (Wildman–Crippen LogP) is 2.37. The minimum Gasteiger partial charge on any atom is -0.392 e. The van der Waals surface area contributed by atoms with Gasteiger partial charge in [-0.2, -0.15) is 5.10 Å². The molecule has 0 aliphatic heterocycles. The predicted molar refractivity (Wildman–Crippen MR) is 88.2 cm³/mol. The lowest BCUT2D eigenvalue weighted by Gasteiger charge is -2.20. The molecule has 0 bridgehead atoms. The van der Waals surface area contributed by atoms with E-state index in [1.54, 1.807) is 12.4 Å². The van der Waals surface area contributed by atoms with Crippen molar-refractivity contribution in [3.63, 3.8) is 0 Å². The summed E-state index contributed by atoms with van der Waals surface area (Å²) in [5.74, 6) is 0.362. The highest BCUT2D eigenvalue weighted by atomic mass is 16.3. The summed E-state index contributed by atoms with van der Waals surface area (Å²) < 4.78 is 1.82. The fourth-order valence-electron chi connectivity index (χ4n) is 2.77. The highest BCUT2D eigenvalue weighted by Crippen LogP contribution is 2.21. The van der Waals surface area contributed by atoms with Crippen LogP contribution in [0.15, 0.2) is 30.7 Å². The van der Waals surface area contributed by atoms with Crippen molar-refractivity contribution in [1.82, 2.24) is 20.1 Å². The summed E-state index contributed by atoms with van der Waals surface area (Å²) in [5, 5.41) is 18.1. The molecule has 0 saturated carbocycles. The number of rotatable bonds is 8. The summed E-state index contributed by atoms with van der Waals surface area (Å²) in [6, 6.07) is 3.93. The van der Waals surface area contributed by atoms with Gasteiger partial charge in [-0.25, -0.2) is 0 Å². The summed E-state index contributed by atoms with van der Waals surface area (Å²) in [5.41, 5.74) is 3.16. The average Bonchev–Trinajstić information content (AvgIpc) is 2.90. The fourth-order valence-corrected chi connectivity index (χ4v) is 2.77. The van der Waals surface area contributed by atoms with Crippen LogP contribution in [0.4, 0.5) is 0 Å². The van der Waals surface area contributed by atoms with Gasteiger partial charge >= 0.3 is 0 Å². The summed E-state index contributed by atoms with van der Waals surface area (Å²) in [6.07, 6.45) is 7.29. The Labute approximate surface area is 132 Å². The zero-order valence-electron chi connectivity index (χ0n) is 13.7. The van der Waals surface area contributed by atoms with E-state index in [-0.39, 0.29) is 6.10 Å². The van der Waals surface area contributed by atoms with Gasteiger partial charge in [0.15, 0.2) is 0 Å². The summed E-state index contributed by atoms with van der Waals surface area (Å²) in [4.78, 5) is 4.05. The van der Waals surface area contributed by atoms with Crippen LogP contribution < -0.4 is 5.32 Å². The van der Waals surface area contributed by atoms with Crippen LogP contribution >= 0.6 is 0 Å². The number of hydrogen-bond acceptors (Lipinski definition) is 4. The van der Waals surface area contributed by atoms with Crippen molar-refractivity contribution >= 4 is 0 Å². The molecular formula is C17H26N4O. The molecule has 120 valence electrons. The molecule has 0 aliphatic rings. The molecule has 0 saturated heterocycles. The van der Waals surface area contributed by atoms with E-state index in [1.807, 2.05) is 30.1 Å². The smallest absolute Gasteiger partial charge is 0.0969 e. The molecule has 2 rings (SSSR count). The minimum atomic E-state index is -0.295. The van der Waals surface area contributed by atoms with Gasteiger partial charge in [0.25, 0.3) is 0 Å². The second-order valence-corrected chi connectivity index (χ2v) is 5.69. The third-order valence-electron chi connectivity index (χ3n) is 4.12. The van der Waals surface area contributed by atoms with Gasteiger partial charge in [-0.15, -0.1) is 0 Å². The van der Waals surface area contributed by atoms with Crippen molar-refractivity contribution in [2.75, 3.05) is 6.54 Å². The van der Waals surface area contributed by atoms with E-state index in [2.05, 4.69) is 29.2 Å². The number of hydrogen-bond donors (Lipinski definition) is 2. The van der Waals surface area contributed by atoms with E-state index in [0.29, 0.717) is 19.0 Å². The monoisotopic (exact) mass is 302 g/mol. The summed E-state index contributed by atoms with van der Waals surface area (Å²) in [7, 11) is 1.92. The van der Waals surface area contributed by atoms with Gasteiger partial charge in [-0.3, -0.25) is 9.67 Å². The number of aliphatic hydroxyl groups excluding tert-OH is 1. The Hall–Kier alpha value is -1.72. The van der Waals surface area contributed by atoms with Crippen LogP contribution in [0.25, 0.3) is 11.3 Å². The molecule has 0 aromatic carbocycles. The first-order valence-corrected chi connectivity index (χ1v) is 7.97. The SMILES string of the molecule is CCC(CC)C(O)CNCc1cn(C)nc1-c1ccncc1. The van der Waals surface area contributed by atoms with E-state index < -0.39 is 0 Å². The van der Waals surface area contributed by atoms with Crippen LogP contribution in [-0.2, 0) is 13.6 Å². The third-order valence-corrected chi connectivity index (χ3v) is 4.12. The average molecular weight is 302 g/mol. The Bertz CT molecular complexity index is 563. The van der Waals surface area contributed by atoms with Crippen molar-refractivity contribution in [2.45, 2.75) is 39.3 Å². The molecule has 0 aliphatic carbocycles. The first-order chi connectivity index (χ1) is 10.7. The molecule has 5 nitrogen and oxygen atoms in total. The molecular weight excluding hydrogens is 276 g/mol. The van der Waals surface area contributed by atoms with Gasteiger partial charge in [-0.05, 0) is 18.1 Å². The number of nitrogens with zero attached hydrogens (tertiary/aromatic N) is 3. The van der Waals surface area contributed by atoms with E-state index in [4.69, 9.17) is 0 Å². The Balaban J connectivity index is 1.99. The Kier molecular flexibility index (Phi) is 6.10. The zero-order valence-corrected chi connectivity index (χ0v) is 13.7. The molecule has 22 heavy (non-hydrogen) atoms. The van der Waals surface area contributed by atoms with E-state index in [1.165, 1.54) is 0 Å². The Morgan fingerprint density at radius 2 is 1.91 bits per heavy atom. The first kappa shape index (κ1) is 16.6. The van der Waals surface area contributed by atoms with Crippen LogP contribution in [0.1, 0.15) is 32.3 Å². The maximum absolute atomic E-state index is 10.2. The second-order valence-electron chi connectivity index (χ2n) is 5.69. The van der Waals surface area contributed by atoms with Crippen molar-refractivity contribution < 1.29 is 5.11 Å². The zero-order chi connectivity index (χ0) is 15.9. The van der Waals surface area contributed by atoms with E-state index in [0.717, 1.165) is 29.7 Å². The van der Waals surface area contributed by atoms with Gasteiger partial charge in [0.2, 0.25) is 0 Å². The third kappa shape index (κ3) is 4.15. The van der Waals surface area contributed by atoms with Crippen molar-refractivity contribution in [1.29, 1.82) is 0 Å². The number of pyridine rings is 1. The summed E-state index contributed by atoms with van der Waals surface area (Å²) >= 11 is 0. The van der Waals surface area contributed by atoms with E-state index in [9.17, 15) is 5.11 Å². The van der Waals surface area contributed by atoms with Crippen LogP contribution in [0.3, 0.4) is 0 Å². The lowest BCUT2D eigenvalue weighted by atomic mass is 9.96. The molecule has 0 amide bonds. The Morgan fingerprint density at radius 3 is 2.55 bits per heavy atom. The molecule has 0 spiro atoms. The standard InChI is InChI=1S/C17H26N4O/c1-4-13(5-2)16(22)11-19-10-15-12-21(3)20-17(15)14-6-8-18-9-7-14/h6-9,12-13,16,19,22H,4-5,10-11H2,1-3H3. The second kappa shape index (κ2) is 8.06. The fraction of sp³-hybridized carbons (Fsp3) is 0.529. The molecule has 2 heterocycles. The highest BCUT2D eigenvalue weighted by Gasteiger charge is 2.15. The van der Waals surface area contributed by atoms with Gasteiger partial charge < -0.3 is 10.4 Å². The molecule has 0 radical (unpaired) electrons. The van der Waals surface area contributed by atoms with Crippen LogP contribution in [0.2, 0.25) is 0 Å². The quantitative estimate of drug-likeness (QED) is 0.786. The molecule has 2 aromatic rings. The minimum absolute atomic E-state index is 0.295. The van der Waals surface area contributed by atoms with Crippen molar-refractivity contribution in [2.24, 2.45) is 13.0 Å². The number of aromatic nitrogens is 3. The molecule has 0 fully saturated rings. The molecule has 5 heteroatoms.